The van der Waals surface area contributed by atoms with Crippen LogP contribution in [0.5, 0.6) is 5.75 Å². The molecule has 0 N–H and O–H groups in total. The van der Waals surface area contributed by atoms with Gasteiger partial charge in [0.15, 0.2) is 0 Å². The predicted octanol–water partition coefficient (Wildman–Crippen LogP) is 3.00. The Balaban J connectivity index is 3.32. The molecule has 0 bridgehead atoms. The Morgan fingerprint density at radius 3 is 2.38 bits per heavy atom. The highest BCUT2D eigenvalue weighted by Gasteiger charge is 2.23. The molecule has 0 spiro atoms. The minimum absolute atomic E-state index is 0.278. The average molecular weight is 200 g/mol. The molecule has 1 rings (SSSR count). The monoisotopic (exact) mass is 200 g/mol. The molecule has 0 fully saturated rings. The maximum atomic E-state index is 13.4. The van der Waals surface area contributed by atoms with Crippen molar-refractivity contribution in [3.8, 4) is 5.75 Å². The van der Waals surface area contributed by atoms with Crippen LogP contribution >= 0.6 is 12.6 Å². The average Bonchev–Trinajstić information content (AvgIpc) is 2.01. The van der Waals surface area contributed by atoms with Crippen LogP contribution < -0.4 is 4.74 Å². The zero-order valence-electron chi connectivity index (χ0n) is 7.97. The number of hydrogen-bond acceptors (Lipinski definition) is 2. The van der Waals surface area contributed by atoms with E-state index in [0.29, 0.717) is 11.3 Å². The second-order valence-electron chi connectivity index (χ2n) is 3.38. The third-order valence-electron chi connectivity index (χ3n) is 1.81. The molecule has 0 heterocycles. The summed E-state index contributed by atoms with van der Waals surface area (Å²) >= 11 is 4.32. The number of benzene rings is 1. The van der Waals surface area contributed by atoms with Crippen molar-refractivity contribution < 1.29 is 9.13 Å². The van der Waals surface area contributed by atoms with Gasteiger partial charge in [0.2, 0.25) is 0 Å². The molecule has 1 aromatic carbocycles. The van der Waals surface area contributed by atoms with Crippen LogP contribution in [0.2, 0.25) is 0 Å². The topological polar surface area (TPSA) is 9.23 Å². The highest BCUT2D eigenvalue weighted by molar-refractivity contribution is 7.81. The molecule has 0 saturated heterocycles. The maximum Gasteiger partial charge on any atom is 0.131 e. The zero-order valence-corrected chi connectivity index (χ0v) is 8.86. The first-order chi connectivity index (χ1) is 5.96. The van der Waals surface area contributed by atoms with Crippen molar-refractivity contribution in [3.63, 3.8) is 0 Å². The van der Waals surface area contributed by atoms with E-state index in [2.05, 4.69) is 12.6 Å². The van der Waals surface area contributed by atoms with E-state index in [1.807, 2.05) is 13.8 Å². The van der Waals surface area contributed by atoms with Gasteiger partial charge in [0.25, 0.3) is 0 Å². The quantitative estimate of drug-likeness (QED) is 0.722. The van der Waals surface area contributed by atoms with Crippen LogP contribution in [0.3, 0.4) is 0 Å². The number of halogens is 1. The third-order valence-corrected chi connectivity index (χ3v) is 2.03. The first kappa shape index (κ1) is 10.4. The third kappa shape index (κ3) is 2.15. The molecular weight excluding hydrogens is 187 g/mol. The number of thiol groups is 1. The predicted molar refractivity (Wildman–Crippen MR) is 55.0 cm³/mol. The van der Waals surface area contributed by atoms with E-state index in [4.69, 9.17) is 4.74 Å². The van der Waals surface area contributed by atoms with Crippen molar-refractivity contribution in [1.29, 1.82) is 0 Å². The Hall–Kier alpha value is -0.700. The van der Waals surface area contributed by atoms with Gasteiger partial charge in [-0.3, -0.25) is 0 Å². The first-order valence-electron chi connectivity index (χ1n) is 4.02. The van der Waals surface area contributed by atoms with Crippen LogP contribution in [0.15, 0.2) is 18.2 Å². The van der Waals surface area contributed by atoms with E-state index in [0.717, 1.165) is 0 Å². The summed E-state index contributed by atoms with van der Waals surface area (Å²) in [7, 11) is 1.53. The summed E-state index contributed by atoms with van der Waals surface area (Å²) in [5.41, 5.74) is 0.501. The SMILES string of the molecule is COc1cccc(F)c1C(C)(C)S. The number of methoxy groups -OCH3 is 1. The standard InChI is InChI=1S/C10H13FOS/c1-10(2,13)9-7(11)5-4-6-8(9)12-3/h4-6,13H,1-3H3. The summed E-state index contributed by atoms with van der Waals surface area (Å²) in [5, 5.41) is 0. The molecule has 0 aliphatic heterocycles. The van der Waals surface area contributed by atoms with Gasteiger partial charge in [-0.25, -0.2) is 4.39 Å². The fraction of sp³-hybridized carbons (Fsp3) is 0.400. The molecule has 0 aliphatic rings. The lowest BCUT2D eigenvalue weighted by molar-refractivity contribution is 0.399. The molecule has 3 heteroatoms. The van der Waals surface area contributed by atoms with E-state index in [-0.39, 0.29) is 5.82 Å². The summed E-state index contributed by atoms with van der Waals surface area (Å²) in [6, 6.07) is 4.77. The van der Waals surface area contributed by atoms with Gasteiger partial charge in [-0.1, -0.05) is 6.07 Å². The highest BCUT2D eigenvalue weighted by Crippen LogP contribution is 2.36. The minimum atomic E-state index is -0.531. The fourth-order valence-electron chi connectivity index (χ4n) is 1.27. The number of ether oxygens (including phenoxy) is 1. The molecular formula is C10H13FOS. The van der Waals surface area contributed by atoms with E-state index in [9.17, 15) is 4.39 Å². The molecule has 1 aromatic rings. The van der Waals surface area contributed by atoms with E-state index < -0.39 is 4.75 Å². The van der Waals surface area contributed by atoms with Crippen LogP contribution in [0.4, 0.5) is 4.39 Å². The summed E-state index contributed by atoms with van der Waals surface area (Å²) in [6.45, 7) is 3.66. The van der Waals surface area contributed by atoms with Gasteiger partial charge in [0, 0.05) is 10.3 Å². The van der Waals surface area contributed by atoms with Gasteiger partial charge < -0.3 is 4.74 Å². The first-order valence-corrected chi connectivity index (χ1v) is 4.47. The molecule has 0 amide bonds. The second kappa shape index (κ2) is 3.58. The minimum Gasteiger partial charge on any atom is -0.496 e. The summed E-state index contributed by atoms with van der Waals surface area (Å²) in [4.78, 5) is 0. The smallest absolute Gasteiger partial charge is 0.131 e. The Morgan fingerprint density at radius 1 is 1.38 bits per heavy atom. The summed E-state index contributed by atoms with van der Waals surface area (Å²) in [5.74, 6) is 0.263. The van der Waals surface area contributed by atoms with E-state index >= 15 is 0 Å². The molecule has 0 radical (unpaired) electrons. The van der Waals surface area contributed by atoms with Crippen LogP contribution in [-0.4, -0.2) is 7.11 Å². The van der Waals surface area contributed by atoms with Gasteiger partial charge >= 0.3 is 0 Å². The second-order valence-corrected chi connectivity index (χ2v) is 4.49. The van der Waals surface area contributed by atoms with Gasteiger partial charge in [-0.15, -0.1) is 0 Å². The fourth-order valence-corrected chi connectivity index (χ4v) is 1.49. The molecule has 0 aromatic heterocycles. The normalized spacial score (nSPS) is 11.5. The van der Waals surface area contributed by atoms with Crippen molar-refractivity contribution >= 4 is 12.6 Å². The van der Waals surface area contributed by atoms with Crippen LogP contribution in [0.1, 0.15) is 19.4 Å². The Morgan fingerprint density at radius 2 is 2.00 bits per heavy atom. The lowest BCUT2D eigenvalue weighted by Crippen LogP contribution is -2.12. The van der Waals surface area contributed by atoms with Crippen molar-refractivity contribution in [2.24, 2.45) is 0 Å². The van der Waals surface area contributed by atoms with Crippen molar-refractivity contribution in [3.05, 3.63) is 29.6 Å². The van der Waals surface area contributed by atoms with Crippen LogP contribution in [0.25, 0.3) is 0 Å². The lowest BCUT2D eigenvalue weighted by atomic mass is 10.0. The van der Waals surface area contributed by atoms with Crippen LogP contribution in [-0.2, 0) is 4.75 Å². The maximum absolute atomic E-state index is 13.4. The molecule has 0 unspecified atom stereocenters. The van der Waals surface area contributed by atoms with Crippen molar-refractivity contribution in [1.82, 2.24) is 0 Å². The molecule has 1 nitrogen and oxygen atoms in total. The Labute approximate surface area is 83.3 Å². The Kier molecular flexibility index (Phi) is 2.86. The Bertz CT molecular complexity index is 304. The van der Waals surface area contributed by atoms with Gasteiger partial charge in [-0.05, 0) is 26.0 Å². The molecule has 13 heavy (non-hydrogen) atoms. The summed E-state index contributed by atoms with van der Waals surface area (Å²) < 4.78 is 17.9. The molecule has 0 atom stereocenters. The largest absolute Gasteiger partial charge is 0.496 e. The molecule has 0 saturated carbocycles. The van der Waals surface area contributed by atoms with Gasteiger partial charge in [-0.2, -0.15) is 12.6 Å². The van der Waals surface area contributed by atoms with E-state index in [1.165, 1.54) is 13.2 Å². The lowest BCUT2D eigenvalue weighted by Gasteiger charge is -2.21. The van der Waals surface area contributed by atoms with Gasteiger partial charge in [0.05, 0.1) is 7.11 Å². The van der Waals surface area contributed by atoms with Gasteiger partial charge in [0.1, 0.15) is 11.6 Å². The number of rotatable bonds is 2. The van der Waals surface area contributed by atoms with Crippen LogP contribution in [0, 0.1) is 5.82 Å². The molecule has 0 aliphatic carbocycles. The summed E-state index contributed by atoms with van der Waals surface area (Å²) in [6.07, 6.45) is 0. The van der Waals surface area contributed by atoms with E-state index in [1.54, 1.807) is 12.1 Å². The highest BCUT2D eigenvalue weighted by atomic mass is 32.1. The molecule has 72 valence electrons. The van der Waals surface area contributed by atoms with Crippen molar-refractivity contribution in [2.45, 2.75) is 18.6 Å². The van der Waals surface area contributed by atoms with Crippen molar-refractivity contribution in [2.75, 3.05) is 7.11 Å². The zero-order chi connectivity index (χ0) is 10.1. The number of hydrogen-bond donors (Lipinski definition) is 1.